The first-order valence-corrected chi connectivity index (χ1v) is 7.51. The lowest BCUT2D eigenvalue weighted by Crippen LogP contribution is -2.47. The molecule has 1 aliphatic rings. The molecule has 110 valence electrons. The maximum absolute atomic E-state index is 12.8. The summed E-state index contributed by atoms with van der Waals surface area (Å²) in [6.07, 6.45) is 3.91. The van der Waals surface area contributed by atoms with Crippen molar-refractivity contribution in [2.24, 2.45) is 0 Å². The number of aromatic nitrogens is 1. The van der Waals surface area contributed by atoms with Crippen molar-refractivity contribution in [3.05, 3.63) is 41.6 Å². The number of hydrogen-bond donors (Lipinski definition) is 1. The fourth-order valence-corrected chi connectivity index (χ4v) is 3.06. The van der Waals surface area contributed by atoms with Gasteiger partial charge >= 0.3 is 0 Å². The van der Waals surface area contributed by atoms with E-state index in [2.05, 4.69) is 10.3 Å². The van der Waals surface area contributed by atoms with Crippen molar-refractivity contribution < 1.29 is 4.79 Å². The molecule has 1 N–H and O–H groups in total. The van der Waals surface area contributed by atoms with Crippen LogP contribution in [0.5, 0.6) is 0 Å². The van der Waals surface area contributed by atoms with E-state index in [9.17, 15) is 4.79 Å². The summed E-state index contributed by atoms with van der Waals surface area (Å²) in [5.74, 6) is 0.103. The van der Waals surface area contributed by atoms with E-state index in [4.69, 9.17) is 0 Å². The van der Waals surface area contributed by atoms with Gasteiger partial charge in [0.15, 0.2) is 0 Å². The summed E-state index contributed by atoms with van der Waals surface area (Å²) in [5, 5.41) is 4.34. The molecule has 0 bridgehead atoms. The van der Waals surface area contributed by atoms with Gasteiger partial charge in [-0.25, -0.2) is 0 Å². The largest absolute Gasteiger partial charge is 0.337 e. The minimum atomic E-state index is 0.103. The number of piperidine rings is 1. The maximum Gasteiger partial charge on any atom is 0.255 e. The van der Waals surface area contributed by atoms with Gasteiger partial charge in [0.05, 0.1) is 11.1 Å². The predicted octanol–water partition coefficient (Wildman–Crippen LogP) is 2.37. The van der Waals surface area contributed by atoms with Gasteiger partial charge in [-0.3, -0.25) is 9.78 Å². The van der Waals surface area contributed by atoms with Crippen LogP contribution in [0.3, 0.4) is 0 Å². The summed E-state index contributed by atoms with van der Waals surface area (Å²) in [6.45, 7) is 3.63. The maximum atomic E-state index is 12.8. The molecule has 21 heavy (non-hydrogen) atoms. The minimum Gasteiger partial charge on any atom is -0.337 e. The SMILES string of the molecule is CNC1CCCN(C(=O)c2cnc3ccccc3c2C)C1. The lowest BCUT2D eigenvalue weighted by atomic mass is 10.0. The zero-order chi connectivity index (χ0) is 14.8. The number of rotatable bonds is 2. The van der Waals surface area contributed by atoms with Gasteiger partial charge < -0.3 is 10.2 Å². The molecule has 0 radical (unpaired) electrons. The molecule has 2 aromatic rings. The number of hydrogen-bond acceptors (Lipinski definition) is 3. The summed E-state index contributed by atoms with van der Waals surface area (Å²) >= 11 is 0. The Bertz CT molecular complexity index is 668. The summed E-state index contributed by atoms with van der Waals surface area (Å²) in [4.78, 5) is 19.2. The fraction of sp³-hybridized carbons (Fsp3) is 0.412. The number of para-hydroxylation sites is 1. The number of pyridine rings is 1. The number of carbonyl (C=O) groups excluding carboxylic acids is 1. The van der Waals surface area contributed by atoms with E-state index in [0.29, 0.717) is 6.04 Å². The van der Waals surface area contributed by atoms with Crippen molar-refractivity contribution >= 4 is 16.8 Å². The summed E-state index contributed by atoms with van der Waals surface area (Å²) in [5.41, 5.74) is 2.70. The topological polar surface area (TPSA) is 45.2 Å². The number of nitrogens with one attached hydrogen (secondary N) is 1. The second kappa shape index (κ2) is 5.82. The molecule has 1 fully saturated rings. The molecule has 2 heterocycles. The zero-order valence-electron chi connectivity index (χ0n) is 12.6. The van der Waals surface area contributed by atoms with Gasteiger partial charge in [0.1, 0.15) is 0 Å². The van der Waals surface area contributed by atoms with Crippen LogP contribution in [-0.2, 0) is 0 Å². The summed E-state index contributed by atoms with van der Waals surface area (Å²) in [6, 6.07) is 8.37. The van der Waals surface area contributed by atoms with E-state index in [-0.39, 0.29) is 5.91 Å². The molecule has 1 saturated heterocycles. The van der Waals surface area contributed by atoms with Gasteiger partial charge in [0.25, 0.3) is 5.91 Å². The molecular weight excluding hydrogens is 262 g/mol. The number of aryl methyl sites for hydroxylation is 1. The molecule has 0 aliphatic carbocycles. The molecule has 1 atom stereocenters. The standard InChI is InChI=1S/C17H21N3O/c1-12-14-7-3-4-8-16(14)19-10-15(12)17(21)20-9-5-6-13(11-20)18-2/h3-4,7-8,10,13,18H,5-6,9,11H2,1-2H3. The molecule has 1 aromatic carbocycles. The molecular formula is C17H21N3O. The highest BCUT2D eigenvalue weighted by molar-refractivity contribution is 6.00. The Balaban J connectivity index is 1.92. The van der Waals surface area contributed by atoms with E-state index in [1.807, 2.05) is 43.1 Å². The Morgan fingerprint density at radius 3 is 3.00 bits per heavy atom. The predicted molar refractivity (Wildman–Crippen MR) is 84.5 cm³/mol. The molecule has 0 spiro atoms. The Labute approximate surface area is 125 Å². The normalized spacial score (nSPS) is 19.0. The minimum absolute atomic E-state index is 0.103. The van der Waals surface area contributed by atoms with Crippen LogP contribution in [0.15, 0.2) is 30.5 Å². The Hall–Kier alpha value is -1.94. The van der Waals surface area contributed by atoms with Crippen LogP contribution in [0, 0.1) is 6.92 Å². The molecule has 3 rings (SSSR count). The highest BCUT2D eigenvalue weighted by Crippen LogP contribution is 2.22. The molecule has 4 nitrogen and oxygen atoms in total. The number of likely N-dealkylation sites (N-methyl/N-ethyl adjacent to an activating group) is 1. The van der Waals surface area contributed by atoms with E-state index < -0.39 is 0 Å². The lowest BCUT2D eigenvalue weighted by molar-refractivity contribution is 0.0697. The third-order valence-corrected chi connectivity index (χ3v) is 4.39. The van der Waals surface area contributed by atoms with Gasteiger partial charge in [-0.05, 0) is 38.4 Å². The van der Waals surface area contributed by atoms with Crippen molar-refractivity contribution in [2.75, 3.05) is 20.1 Å². The van der Waals surface area contributed by atoms with Crippen LogP contribution in [0.2, 0.25) is 0 Å². The Morgan fingerprint density at radius 1 is 1.38 bits per heavy atom. The number of amides is 1. The summed E-state index contributed by atoms with van der Waals surface area (Å²) in [7, 11) is 1.96. The molecule has 1 unspecified atom stereocenters. The van der Waals surface area contributed by atoms with Crippen molar-refractivity contribution in [2.45, 2.75) is 25.8 Å². The fourth-order valence-electron chi connectivity index (χ4n) is 3.06. The second-order valence-corrected chi connectivity index (χ2v) is 5.69. The first-order valence-electron chi connectivity index (χ1n) is 7.51. The van der Waals surface area contributed by atoms with Crippen LogP contribution in [0.4, 0.5) is 0 Å². The monoisotopic (exact) mass is 283 g/mol. The summed E-state index contributed by atoms with van der Waals surface area (Å²) < 4.78 is 0. The molecule has 1 amide bonds. The lowest BCUT2D eigenvalue weighted by Gasteiger charge is -2.33. The molecule has 4 heteroatoms. The van der Waals surface area contributed by atoms with Gasteiger partial charge in [0.2, 0.25) is 0 Å². The van der Waals surface area contributed by atoms with Gasteiger partial charge in [-0.2, -0.15) is 0 Å². The Morgan fingerprint density at radius 2 is 2.19 bits per heavy atom. The van der Waals surface area contributed by atoms with Crippen molar-refractivity contribution in [3.8, 4) is 0 Å². The van der Waals surface area contributed by atoms with Gasteiger partial charge in [-0.15, -0.1) is 0 Å². The van der Waals surface area contributed by atoms with Crippen LogP contribution in [-0.4, -0.2) is 42.0 Å². The first kappa shape index (κ1) is 14.0. The van der Waals surface area contributed by atoms with Gasteiger partial charge in [-0.1, -0.05) is 18.2 Å². The third kappa shape index (κ3) is 2.63. The second-order valence-electron chi connectivity index (χ2n) is 5.69. The number of fused-ring (bicyclic) bond motifs is 1. The highest BCUT2D eigenvalue weighted by atomic mass is 16.2. The Kier molecular flexibility index (Phi) is 3.88. The van der Waals surface area contributed by atoms with E-state index >= 15 is 0 Å². The smallest absolute Gasteiger partial charge is 0.255 e. The number of benzene rings is 1. The zero-order valence-corrected chi connectivity index (χ0v) is 12.6. The van der Waals surface area contributed by atoms with E-state index in [1.165, 1.54) is 0 Å². The van der Waals surface area contributed by atoms with E-state index in [0.717, 1.165) is 48.0 Å². The van der Waals surface area contributed by atoms with Crippen molar-refractivity contribution in [1.82, 2.24) is 15.2 Å². The number of nitrogens with zero attached hydrogens (tertiary/aromatic N) is 2. The molecule has 0 saturated carbocycles. The molecule has 1 aromatic heterocycles. The van der Waals surface area contributed by atoms with Crippen LogP contribution < -0.4 is 5.32 Å². The quantitative estimate of drug-likeness (QED) is 0.920. The average Bonchev–Trinajstić information content (AvgIpc) is 2.55. The third-order valence-electron chi connectivity index (χ3n) is 4.39. The van der Waals surface area contributed by atoms with Crippen LogP contribution in [0.1, 0.15) is 28.8 Å². The number of carbonyl (C=O) groups is 1. The van der Waals surface area contributed by atoms with Crippen molar-refractivity contribution in [1.29, 1.82) is 0 Å². The average molecular weight is 283 g/mol. The van der Waals surface area contributed by atoms with Crippen LogP contribution >= 0.6 is 0 Å². The first-order chi connectivity index (χ1) is 10.2. The highest BCUT2D eigenvalue weighted by Gasteiger charge is 2.25. The van der Waals surface area contributed by atoms with Crippen LogP contribution in [0.25, 0.3) is 10.9 Å². The van der Waals surface area contributed by atoms with Gasteiger partial charge in [0, 0.05) is 30.7 Å². The van der Waals surface area contributed by atoms with E-state index in [1.54, 1.807) is 6.20 Å². The van der Waals surface area contributed by atoms with Crippen molar-refractivity contribution in [3.63, 3.8) is 0 Å². The molecule has 1 aliphatic heterocycles. The number of likely N-dealkylation sites (tertiary alicyclic amines) is 1.